The van der Waals surface area contributed by atoms with Crippen molar-refractivity contribution in [3.8, 4) is 17.3 Å². The van der Waals surface area contributed by atoms with Gasteiger partial charge < -0.3 is 20.7 Å². The van der Waals surface area contributed by atoms with E-state index in [4.69, 9.17) is 10.5 Å². The highest BCUT2D eigenvalue weighted by atomic mass is 19.4. The van der Waals surface area contributed by atoms with E-state index in [0.717, 1.165) is 18.9 Å². The number of nitrogens with one attached hydrogen (secondary N) is 1. The Labute approximate surface area is 185 Å². The molecule has 3 atom stereocenters. The van der Waals surface area contributed by atoms with Crippen molar-refractivity contribution in [1.82, 2.24) is 25.3 Å². The maximum absolute atomic E-state index is 15.7. The summed E-state index contributed by atoms with van der Waals surface area (Å²) in [5.74, 6) is -0.745. The summed E-state index contributed by atoms with van der Waals surface area (Å²) in [6, 6.07) is 1.48. The van der Waals surface area contributed by atoms with Gasteiger partial charge in [0, 0.05) is 18.6 Å². The average Bonchev–Trinajstić information content (AvgIpc) is 3.06. The molecule has 3 aliphatic rings. The molecule has 33 heavy (non-hydrogen) atoms. The third-order valence-electron chi connectivity index (χ3n) is 6.64. The smallest absolute Gasteiger partial charge is 0.418 e. The number of anilines is 2. The molecular weight excluding hydrogens is 442 g/mol. The summed E-state index contributed by atoms with van der Waals surface area (Å²) in [7, 11) is 0. The summed E-state index contributed by atoms with van der Waals surface area (Å²) in [5, 5.41) is 3.80. The molecule has 3 N–H and O–H groups in total. The molecule has 2 bridgehead atoms. The Bertz CT molecular complexity index is 1300. The third kappa shape index (κ3) is 3.00. The van der Waals surface area contributed by atoms with Crippen LogP contribution in [0.1, 0.15) is 24.0 Å². The lowest BCUT2D eigenvalue weighted by Crippen LogP contribution is -2.60. The first kappa shape index (κ1) is 20.3. The maximum atomic E-state index is 15.7. The van der Waals surface area contributed by atoms with E-state index in [2.05, 4.69) is 30.2 Å². The van der Waals surface area contributed by atoms with Gasteiger partial charge in [-0.25, -0.2) is 24.3 Å². The molecule has 0 unspecified atom stereocenters. The molecule has 2 saturated heterocycles. The van der Waals surface area contributed by atoms with Crippen LogP contribution < -0.4 is 20.7 Å². The Morgan fingerprint density at radius 1 is 1.18 bits per heavy atom. The monoisotopic (exact) mass is 461 g/mol. The summed E-state index contributed by atoms with van der Waals surface area (Å²) in [6.07, 6.45) is -1.59. The molecule has 2 fully saturated rings. The van der Waals surface area contributed by atoms with Crippen LogP contribution >= 0.6 is 0 Å². The van der Waals surface area contributed by atoms with E-state index in [0.29, 0.717) is 12.4 Å². The number of pyridine rings is 2. The first-order chi connectivity index (χ1) is 15.7. The Morgan fingerprint density at radius 2 is 2.00 bits per heavy atom. The van der Waals surface area contributed by atoms with Gasteiger partial charge in [-0.1, -0.05) is 0 Å². The number of halogens is 4. The minimum atomic E-state index is -4.79. The van der Waals surface area contributed by atoms with Gasteiger partial charge in [-0.05, 0) is 31.4 Å². The fraction of sp³-hybridized carbons (Fsp3) is 0.429. The van der Waals surface area contributed by atoms with Crippen molar-refractivity contribution in [3.63, 3.8) is 0 Å². The quantitative estimate of drug-likeness (QED) is 0.534. The van der Waals surface area contributed by atoms with Crippen molar-refractivity contribution >= 4 is 22.5 Å². The van der Waals surface area contributed by atoms with Crippen molar-refractivity contribution in [1.29, 1.82) is 0 Å². The zero-order valence-electron chi connectivity index (χ0n) is 17.4. The molecule has 0 amide bonds. The van der Waals surface area contributed by atoms with E-state index in [1.807, 2.05) is 0 Å². The normalized spacial score (nSPS) is 23.9. The van der Waals surface area contributed by atoms with E-state index >= 15 is 4.39 Å². The van der Waals surface area contributed by atoms with Gasteiger partial charge in [-0.2, -0.15) is 13.2 Å². The molecule has 3 aromatic heterocycles. The number of rotatable bonds is 1. The maximum Gasteiger partial charge on any atom is 0.418 e. The summed E-state index contributed by atoms with van der Waals surface area (Å²) < 4.78 is 63.3. The number of aromatic nitrogens is 4. The minimum Gasteiger partial charge on any atom is -0.475 e. The molecule has 8 nitrogen and oxygen atoms in total. The van der Waals surface area contributed by atoms with Crippen LogP contribution in [0, 0.1) is 12.7 Å². The van der Waals surface area contributed by atoms with Crippen LogP contribution in [0.5, 0.6) is 5.88 Å². The van der Waals surface area contributed by atoms with Crippen LogP contribution in [0.25, 0.3) is 22.3 Å². The number of hydrogen-bond acceptors (Lipinski definition) is 8. The molecule has 6 rings (SSSR count). The number of hydrogen-bond donors (Lipinski definition) is 2. The van der Waals surface area contributed by atoms with Gasteiger partial charge in [0.05, 0.1) is 11.6 Å². The highest BCUT2D eigenvalue weighted by molar-refractivity contribution is 5.96. The summed E-state index contributed by atoms with van der Waals surface area (Å²) in [5.41, 5.74) is 2.97. The average molecular weight is 461 g/mol. The second-order valence-electron chi connectivity index (χ2n) is 8.66. The number of alkyl halides is 3. The number of piperazine rings is 1. The predicted octanol–water partition coefficient (Wildman–Crippen LogP) is 2.84. The fourth-order valence-electron chi connectivity index (χ4n) is 5.27. The van der Waals surface area contributed by atoms with Crippen LogP contribution in [0.4, 0.5) is 29.2 Å². The van der Waals surface area contributed by atoms with Crippen molar-refractivity contribution in [3.05, 3.63) is 29.3 Å². The number of nitrogens with two attached hydrogens (primary N) is 1. The Balaban J connectivity index is 1.60. The first-order valence-corrected chi connectivity index (χ1v) is 10.6. The first-order valence-electron chi connectivity index (χ1n) is 10.6. The van der Waals surface area contributed by atoms with Crippen LogP contribution in [0.2, 0.25) is 0 Å². The lowest BCUT2D eigenvalue weighted by Gasteiger charge is -2.40. The van der Waals surface area contributed by atoms with Crippen LogP contribution in [-0.2, 0) is 6.18 Å². The highest BCUT2D eigenvalue weighted by Crippen LogP contribution is 2.44. The lowest BCUT2D eigenvalue weighted by atomic mass is 10.0. The molecule has 0 saturated carbocycles. The van der Waals surface area contributed by atoms with E-state index < -0.39 is 28.9 Å². The zero-order chi connectivity index (χ0) is 23.1. The van der Waals surface area contributed by atoms with Crippen LogP contribution in [-0.4, -0.2) is 51.2 Å². The third-order valence-corrected chi connectivity index (χ3v) is 6.64. The van der Waals surface area contributed by atoms with Gasteiger partial charge in [-0.3, -0.25) is 0 Å². The van der Waals surface area contributed by atoms with Crippen molar-refractivity contribution in [2.75, 3.05) is 23.8 Å². The van der Waals surface area contributed by atoms with E-state index in [1.165, 1.54) is 13.3 Å². The second-order valence-corrected chi connectivity index (χ2v) is 8.66. The Kier molecular flexibility index (Phi) is 4.23. The molecule has 0 spiro atoms. The molecule has 172 valence electrons. The Morgan fingerprint density at radius 3 is 2.79 bits per heavy atom. The summed E-state index contributed by atoms with van der Waals surface area (Å²) in [6.45, 7) is 2.13. The van der Waals surface area contributed by atoms with E-state index in [9.17, 15) is 13.2 Å². The Hall–Kier alpha value is -3.28. The lowest BCUT2D eigenvalue weighted by molar-refractivity contribution is -0.137. The number of fused-ring (bicyclic) bond motifs is 5. The standard InChI is InChI=1S/C21H19F4N7O/c1-8-4-12(26)30-17(14(8)21(23,24)25)18-15(22)16-13-19(28-7-27-16)32-5-9-2-3-10(29-9)11(32)6-33-20(13)31-18/h4,7,9-11,29H,2-3,5-6H2,1H3,(H2,26,30)/t9-,10+,11-/m1/s1. The molecule has 3 aliphatic heterocycles. The van der Waals surface area contributed by atoms with Gasteiger partial charge in [0.15, 0.2) is 5.82 Å². The van der Waals surface area contributed by atoms with Gasteiger partial charge >= 0.3 is 6.18 Å². The van der Waals surface area contributed by atoms with E-state index in [1.54, 1.807) is 0 Å². The van der Waals surface area contributed by atoms with Gasteiger partial charge in [-0.15, -0.1) is 0 Å². The summed E-state index contributed by atoms with van der Waals surface area (Å²) >= 11 is 0. The van der Waals surface area contributed by atoms with E-state index in [-0.39, 0.29) is 52.9 Å². The molecular formula is C21H19F4N7O. The number of aryl methyl sites for hydroxylation is 1. The van der Waals surface area contributed by atoms with Crippen molar-refractivity contribution in [2.45, 2.75) is 44.1 Å². The number of nitrogen functional groups attached to an aromatic ring is 1. The van der Waals surface area contributed by atoms with Crippen LogP contribution in [0.3, 0.4) is 0 Å². The zero-order valence-corrected chi connectivity index (χ0v) is 17.4. The number of ether oxygens (including phenoxy) is 1. The fourth-order valence-corrected chi connectivity index (χ4v) is 5.27. The molecule has 0 aliphatic carbocycles. The summed E-state index contributed by atoms with van der Waals surface area (Å²) in [4.78, 5) is 18.5. The van der Waals surface area contributed by atoms with Gasteiger partial charge in [0.2, 0.25) is 5.88 Å². The molecule has 3 aromatic rings. The molecule has 0 aromatic carbocycles. The highest BCUT2D eigenvalue weighted by Gasteiger charge is 2.44. The molecule has 12 heteroatoms. The molecule has 0 radical (unpaired) electrons. The van der Waals surface area contributed by atoms with Crippen LogP contribution in [0.15, 0.2) is 12.4 Å². The minimum absolute atomic E-state index is 0.0164. The van der Waals surface area contributed by atoms with Gasteiger partial charge in [0.25, 0.3) is 0 Å². The molecule has 6 heterocycles. The predicted molar refractivity (Wildman–Crippen MR) is 111 cm³/mol. The van der Waals surface area contributed by atoms with Crippen molar-refractivity contribution < 1.29 is 22.3 Å². The SMILES string of the molecule is Cc1cc(N)nc(-c2nc3c4c(ncnc4c2F)N2C[C@H]4CC[C@H](N4)[C@H]2CO3)c1C(F)(F)F. The van der Waals surface area contributed by atoms with Gasteiger partial charge in [0.1, 0.15) is 46.9 Å². The largest absolute Gasteiger partial charge is 0.475 e. The number of nitrogens with zero attached hydrogens (tertiary/aromatic N) is 5. The second kappa shape index (κ2) is 6.86. The topological polar surface area (TPSA) is 102 Å². The van der Waals surface area contributed by atoms with Crippen molar-refractivity contribution in [2.24, 2.45) is 0 Å².